The Morgan fingerprint density at radius 2 is 1.67 bits per heavy atom. The molecule has 0 aliphatic heterocycles. The number of aromatic amines is 1. The molecule has 18 heavy (non-hydrogen) atoms. The van der Waals surface area contributed by atoms with Gasteiger partial charge in [0.25, 0.3) is 0 Å². The van der Waals surface area contributed by atoms with Crippen molar-refractivity contribution in [1.29, 1.82) is 0 Å². The van der Waals surface area contributed by atoms with Crippen LogP contribution < -0.4 is 0 Å². The van der Waals surface area contributed by atoms with Crippen LogP contribution in [0.4, 0.5) is 0 Å². The van der Waals surface area contributed by atoms with Gasteiger partial charge >= 0.3 is 0 Å². The molecular weight excluding hydrogens is 358 g/mol. The number of aromatic nitrogens is 3. The van der Waals surface area contributed by atoms with Crippen molar-refractivity contribution < 1.29 is 0 Å². The summed E-state index contributed by atoms with van der Waals surface area (Å²) < 4.78 is -0.291. The second-order valence-electron chi connectivity index (χ2n) is 5.55. The number of fused-ring (bicyclic) bond motifs is 1. The third-order valence-corrected chi connectivity index (χ3v) is 3.77. The van der Waals surface area contributed by atoms with Crippen molar-refractivity contribution in [1.82, 2.24) is 15.2 Å². The highest BCUT2D eigenvalue weighted by atomic mass is 79.9. The summed E-state index contributed by atoms with van der Waals surface area (Å²) in [6, 6.07) is 2.12. The standard InChI is InChI=1S/C13H17Br2N3/c1-7-10-11(18-17-7)8(12(2,3)14)6-9(16-10)13(4,5)15/h6H,1-5H3,(H,17,18). The van der Waals surface area contributed by atoms with Crippen LogP contribution in [0.2, 0.25) is 0 Å². The molecule has 0 unspecified atom stereocenters. The van der Waals surface area contributed by atoms with E-state index in [1.54, 1.807) is 0 Å². The van der Waals surface area contributed by atoms with Gasteiger partial charge in [-0.05, 0) is 46.2 Å². The van der Waals surface area contributed by atoms with Crippen LogP contribution in [0.5, 0.6) is 0 Å². The fourth-order valence-electron chi connectivity index (χ4n) is 1.86. The predicted octanol–water partition coefficient (Wildman–Crippen LogP) is 4.53. The SMILES string of the molecule is Cc1[nH]nc2c(C(C)(C)Br)cc(C(C)(C)Br)nc12. The van der Waals surface area contributed by atoms with Gasteiger partial charge in [0.05, 0.1) is 15.7 Å². The van der Waals surface area contributed by atoms with Crippen molar-refractivity contribution in [2.75, 3.05) is 0 Å². The Hall–Kier alpha value is -0.420. The molecule has 3 nitrogen and oxygen atoms in total. The number of pyridine rings is 1. The van der Waals surface area contributed by atoms with Gasteiger partial charge < -0.3 is 0 Å². The number of hydrogen-bond donors (Lipinski definition) is 1. The Labute approximate surface area is 124 Å². The summed E-state index contributed by atoms with van der Waals surface area (Å²) in [5, 5.41) is 7.39. The van der Waals surface area contributed by atoms with Gasteiger partial charge in [-0.1, -0.05) is 31.9 Å². The van der Waals surface area contributed by atoms with Crippen LogP contribution in [-0.2, 0) is 8.65 Å². The van der Waals surface area contributed by atoms with E-state index in [4.69, 9.17) is 4.98 Å². The lowest BCUT2D eigenvalue weighted by molar-refractivity contribution is 0.752. The Kier molecular flexibility index (Phi) is 3.35. The third-order valence-electron chi connectivity index (χ3n) is 2.93. The minimum atomic E-state index is -0.155. The number of H-pyrrole nitrogens is 1. The lowest BCUT2D eigenvalue weighted by Crippen LogP contribution is -2.14. The van der Waals surface area contributed by atoms with E-state index in [0.717, 1.165) is 28.0 Å². The molecule has 0 saturated heterocycles. The number of nitrogens with one attached hydrogen (secondary N) is 1. The molecule has 0 bridgehead atoms. The first-order chi connectivity index (χ1) is 8.10. The van der Waals surface area contributed by atoms with Crippen LogP contribution in [0.25, 0.3) is 11.0 Å². The van der Waals surface area contributed by atoms with Gasteiger partial charge in [-0.15, -0.1) is 0 Å². The lowest BCUT2D eigenvalue weighted by Gasteiger charge is -2.22. The van der Waals surface area contributed by atoms with Crippen molar-refractivity contribution >= 4 is 42.9 Å². The molecule has 2 heterocycles. The average molecular weight is 375 g/mol. The monoisotopic (exact) mass is 373 g/mol. The molecule has 0 saturated carbocycles. The number of hydrogen-bond acceptors (Lipinski definition) is 2. The van der Waals surface area contributed by atoms with Crippen molar-refractivity contribution in [3.63, 3.8) is 0 Å². The van der Waals surface area contributed by atoms with E-state index >= 15 is 0 Å². The van der Waals surface area contributed by atoms with E-state index in [0.29, 0.717) is 0 Å². The molecular formula is C13H17Br2N3. The summed E-state index contributed by atoms with van der Waals surface area (Å²) in [7, 11) is 0. The van der Waals surface area contributed by atoms with Crippen LogP contribution in [-0.4, -0.2) is 15.2 Å². The quantitative estimate of drug-likeness (QED) is 0.784. The van der Waals surface area contributed by atoms with Crippen molar-refractivity contribution in [3.8, 4) is 0 Å². The zero-order valence-corrected chi connectivity index (χ0v) is 14.4. The number of aryl methyl sites for hydroxylation is 1. The molecule has 0 atom stereocenters. The Morgan fingerprint density at radius 1 is 1.06 bits per heavy atom. The minimum absolute atomic E-state index is 0.136. The Morgan fingerprint density at radius 3 is 2.17 bits per heavy atom. The van der Waals surface area contributed by atoms with Gasteiger partial charge in [0.2, 0.25) is 0 Å². The first-order valence-electron chi connectivity index (χ1n) is 5.85. The fourth-order valence-corrected chi connectivity index (χ4v) is 2.37. The van der Waals surface area contributed by atoms with Gasteiger partial charge in [-0.25, -0.2) is 4.98 Å². The van der Waals surface area contributed by atoms with Gasteiger partial charge in [0.15, 0.2) is 0 Å². The fraction of sp³-hybridized carbons (Fsp3) is 0.538. The number of rotatable bonds is 2. The van der Waals surface area contributed by atoms with Crippen LogP contribution in [0.1, 0.15) is 44.6 Å². The number of nitrogens with zero attached hydrogens (tertiary/aromatic N) is 2. The molecule has 1 N–H and O–H groups in total. The van der Waals surface area contributed by atoms with Crippen molar-refractivity contribution in [2.24, 2.45) is 0 Å². The lowest BCUT2D eigenvalue weighted by atomic mass is 9.98. The van der Waals surface area contributed by atoms with Crippen LogP contribution >= 0.6 is 31.9 Å². The van der Waals surface area contributed by atoms with E-state index in [1.165, 1.54) is 0 Å². The summed E-state index contributed by atoms with van der Waals surface area (Å²) in [6.45, 7) is 10.4. The topological polar surface area (TPSA) is 41.6 Å². The summed E-state index contributed by atoms with van der Waals surface area (Å²) in [6.07, 6.45) is 0. The molecule has 2 aromatic rings. The van der Waals surface area contributed by atoms with Gasteiger partial charge in [0.1, 0.15) is 11.0 Å². The van der Waals surface area contributed by atoms with E-state index < -0.39 is 0 Å². The molecule has 0 aromatic carbocycles. The van der Waals surface area contributed by atoms with E-state index in [-0.39, 0.29) is 8.65 Å². The van der Waals surface area contributed by atoms with Crippen LogP contribution in [0.3, 0.4) is 0 Å². The number of halogens is 2. The van der Waals surface area contributed by atoms with Crippen LogP contribution in [0.15, 0.2) is 6.07 Å². The maximum atomic E-state index is 4.72. The molecule has 5 heteroatoms. The molecule has 2 rings (SSSR count). The minimum Gasteiger partial charge on any atom is -0.280 e. The summed E-state index contributed by atoms with van der Waals surface area (Å²) >= 11 is 7.40. The van der Waals surface area contributed by atoms with Crippen molar-refractivity contribution in [3.05, 3.63) is 23.0 Å². The second-order valence-corrected chi connectivity index (χ2v) is 9.51. The molecule has 2 aromatic heterocycles. The second kappa shape index (κ2) is 4.30. The molecule has 0 radical (unpaired) electrons. The first kappa shape index (κ1) is 14.0. The molecule has 0 aliphatic carbocycles. The van der Waals surface area contributed by atoms with E-state index in [2.05, 4.69) is 75.8 Å². The highest BCUT2D eigenvalue weighted by Crippen LogP contribution is 2.38. The zero-order chi connectivity index (χ0) is 13.7. The van der Waals surface area contributed by atoms with E-state index in [9.17, 15) is 0 Å². The molecule has 0 fully saturated rings. The smallest absolute Gasteiger partial charge is 0.115 e. The molecule has 0 spiro atoms. The average Bonchev–Trinajstić information content (AvgIpc) is 2.56. The summed E-state index contributed by atoms with van der Waals surface area (Å²) in [4.78, 5) is 4.72. The summed E-state index contributed by atoms with van der Waals surface area (Å²) in [5.41, 5.74) is 5.06. The summed E-state index contributed by atoms with van der Waals surface area (Å²) in [5.74, 6) is 0. The number of alkyl halides is 2. The van der Waals surface area contributed by atoms with Crippen LogP contribution in [0, 0.1) is 6.92 Å². The van der Waals surface area contributed by atoms with Gasteiger partial charge in [0, 0.05) is 4.32 Å². The zero-order valence-electron chi connectivity index (χ0n) is 11.2. The Bertz CT molecular complexity index is 589. The maximum Gasteiger partial charge on any atom is 0.115 e. The van der Waals surface area contributed by atoms with Crippen molar-refractivity contribution in [2.45, 2.75) is 43.3 Å². The normalized spacial score (nSPS) is 13.3. The molecule has 0 amide bonds. The Balaban J connectivity index is 2.83. The predicted molar refractivity (Wildman–Crippen MR) is 82.5 cm³/mol. The molecule has 98 valence electrons. The molecule has 0 aliphatic rings. The third kappa shape index (κ3) is 2.48. The highest BCUT2D eigenvalue weighted by molar-refractivity contribution is 9.09. The van der Waals surface area contributed by atoms with E-state index in [1.807, 2.05) is 6.92 Å². The highest BCUT2D eigenvalue weighted by Gasteiger charge is 2.27. The maximum absolute atomic E-state index is 4.72. The van der Waals surface area contributed by atoms with Gasteiger partial charge in [-0.2, -0.15) is 5.10 Å². The van der Waals surface area contributed by atoms with Gasteiger partial charge in [-0.3, -0.25) is 5.10 Å². The largest absolute Gasteiger partial charge is 0.280 e. The first-order valence-corrected chi connectivity index (χ1v) is 7.44.